The van der Waals surface area contributed by atoms with E-state index in [9.17, 15) is 4.79 Å². The molecule has 4 rings (SSSR count). The SMILES string of the molecule is CCCCc1cc(=O)oc2c3c(ccc12)OCN(CCc1ccc(OC)cc1)C3. The van der Waals surface area contributed by atoms with E-state index in [2.05, 4.69) is 24.0 Å². The molecule has 0 spiro atoms. The molecule has 0 amide bonds. The molecule has 3 aromatic rings. The maximum absolute atomic E-state index is 12.2. The number of methoxy groups -OCH3 is 1. The maximum atomic E-state index is 12.2. The minimum atomic E-state index is -0.285. The highest BCUT2D eigenvalue weighted by atomic mass is 16.5. The Labute approximate surface area is 170 Å². The summed E-state index contributed by atoms with van der Waals surface area (Å²) in [4.78, 5) is 14.4. The van der Waals surface area contributed by atoms with Crippen LogP contribution in [-0.4, -0.2) is 25.3 Å². The van der Waals surface area contributed by atoms with Crippen LogP contribution >= 0.6 is 0 Å². The monoisotopic (exact) mass is 393 g/mol. The largest absolute Gasteiger partial charge is 0.497 e. The van der Waals surface area contributed by atoms with Crippen LogP contribution in [0.1, 0.15) is 36.5 Å². The van der Waals surface area contributed by atoms with Crippen molar-refractivity contribution < 1.29 is 13.9 Å². The molecule has 29 heavy (non-hydrogen) atoms. The first kappa shape index (κ1) is 19.5. The second kappa shape index (κ2) is 8.70. The fourth-order valence-corrected chi connectivity index (χ4v) is 3.84. The van der Waals surface area contributed by atoms with Gasteiger partial charge in [-0.15, -0.1) is 0 Å². The number of hydrogen-bond acceptors (Lipinski definition) is 5. The lowest BCUT2D eigenvalue weighted by atomic mass is 10.0. The Morgan fingerprint density at radius 3 is 2.69 bits per heavy atom. The predicted molar refractivity (Wildman–Crippen MR) is 114 cm³/mol. The minimum Gasteiger partial charge on any atom is -0.497 e. The lowest BCUT2D eigenvalue weighted by Crippen LogP contribution is -2.33. The van der Waals surface area contributed by atoms with Crippen LogP contribution in [-0.2, 0) is 19.4 Å². The number of aryl methyl sites for hydroxylation is 1. The van der Waals surface area contributed by atoms with Crippen molar-refractivity contribution in [1.82, 2.24) is 4.90 Å². The van der Waals surface area contributed by atoms with E-state index in [4.69, 9.17) is 13.9 Å². The lowest BCUT2D eigenvalue weighted by Gasteiger charge is -2.29. The Morgan fingerprint density at radius 1 is 1.10 bits per heavy atom. The van der Waals surface area contributed by atoms with Crippen molar-refractivity contribution in [2.45, 2.75) is 39.2 Å². The van der Waals surface area contributed by atoms with Crippen LogP contribution < -0.4 is 15.1 Å². The van der Waals surface area contributed by atoms with Gasteiger partial charge in [0.1, 0.15) is 23.8 Å². The van der Waals surface area contributed by atoms with E-state index in [1.54, 1.807) is 13.2 Å². The van der Waals surface area contributed by atoms with E-state index >= 15 is 0 Å². The number of fused-ring (bicyclic) bond motifs is 3. The molecule has 0 aliphatic carbocycles. The summed E-state index contributed by atoms with van der Waals surface area (Å²) >= 11 is 0. The van der Waals surface area contributed by atoms with Gasteiger partial charge in [-0.1, -0.05) is 25.5 Å². The Bertz CT molecular complexity index is 1040. The van der Waals surface area contributed by atoms with Crippen LogP contribution in [0.3, 0.4) is 0 Å². The van der Waals surface area contributed by atoms with E-state index in [0.717, 1.165) is 60.2 Å². The molecule has 5 heteroatoms. The van der Waals surface area contributed by atoms with Gasteiger partial charge in [0.25, 0.3) is 0 Å². The fraction of sp³-hybridized carbons (Fsp3) is 0.375. The van der Waals surface area contributed by atoms with Gasteiger partial charge in [-0.25, -0.2) is 4.79 Å². The number of nitrogens with zero attached hydrogens (tertiary/aromatic N) is 1. The standard InChI is InChI=1S/C24H27NO4/c1-3-4-5-18-14-23(26)29-24-20(18)10-11-22-21(24)15-25(16-28-22)13-12-17-6-8-19(27-2)9-7-17/h6-11,14H,3-5,12-13,15-16H2,1-2H3. The molecule has 1 aromatic heterocycles. The van der Waals surface area contributed by atoms with E-state index in [1.807, 2.05) is 24.3 Å². The molecule has 0 radical (unpaired) electrons. The molecular formula is C24H27NO4. The van der Waals surface area contributed by atoms with Crippen molar-refractivity contribution in [1.29, 1.82) is 0 Å². The molecule has 2 aromatic carbocycles. The molecule has 1 aliphatic heterocycles. The van der Waals surface area contributed by atoms with Gasteiger partial charge in [-0.3, -0.25) is 4.90 Å². The first-order valence-electron chi connectivity index (χ1n) is 10.2. The first-order valence-corrected chi connectivity index (χ1v) is 10.2. The zero-order chi connectivity index (χ0) is 20.2. The third-order valence-corrected chi connectivity index (χ3v) is 5.52. The normalized spacial score (nSPS) is 13.9. The van der Waals surface area contributed by atoms with Gasteiger partial charge in [0, 0.05) is 24.5 Å². The molecule has 0 atom stereocenters. The summed E-state index contributed by atoms with van der Waals surface area (Å²) in [5.74, 6) is 1.68. The summed E-state index contributed by atoms with van der Waals surface area (Å²) in [5.41, 5.74) is 3.68. The number of rotatable bonds is 7. The van der Waals surface area contributed by atoms with Gasteiger partial charge in [-0.2, -0.15) is 0 Å². The molecule has 0 unspecified atom stereocenters. The molecule has 1 aliphatic rings. The topological polar surface area (TPSA) is 51.9 Å². The zero-order valence-corrected chi connectivity index (χ0v) is 17.1. The van der Waals surface area contributed by atoms with Gasteiger partial charge in [-0.05, 0) is 54.7 Å². The van der Waals surface area contributed by atoms with Crippen molar-refractivity contribution in [3.8, 4) is 11.5 Å². The highest BCUT2D eigenvalue weighted by Crippen LogP contribution is 2.33. The molecule has 2 heterocycles. The van der Waals surface area contributed by atoms with E-state index in [0.29, 0.717) is 18.9 Å². The third kappa shape index (κ3) is 4.30. The van der Waals surface area contributed by atoms with Crippen LogP contribution in [0.4, 0.5) is 0 Å². The number of unbranched alkanes of at least 4 members (excludes halogenated alkanes) is 1. The molecule has 0 N–H and O–H groups in total. The van der Waals surface area contributed by atoms with Crippen LogP contribution in [0, 0.1) is 0 Å². The van der Waals surface area contributed by atoms with Gasteiger partial charge < -0.3 is 13.9 Å². The molecule has 0 bridgehead atoms. The summed E-state index contributed by atoms with van der Waals surface area (Å²) in [7, 11) is 1.67. The summed E-state index contributed by atoms with van der Waals surface area (Å²) in [5, 5.41) is 1.03. The van der Waals surface area contributed by atoms with Crippen LogP contribution in [0.15, 0.2) is 51.7 Å². The lowest BCUT2D eigenvalue weighted by molar-refractivity contribution is 0.0968. The minimum absolute atomic E-state index is 0.285. The number of hydrogen-bond donors (Lipinski definition) is 0. The average Bonchev–Trinajstić information content (AvgIpc) is 2.76. The average molecular weight is 393 g/mol. The maximum Gasteiger partial charge on any atom is 0.336 e. The predicted octanol–water partition coefficient (Wildman–Crippen LogP) is 4.54. The highest BCUT2D eigenvalue weighted by Gasteiger charge is 2.22. The fourth-order valence-electron chi connectivity index (χ4n) is 3.84. The summed E-state index contributed by atoms with van der Waals surface area (Å²) in [6.45, 7) is 4.27. The summed E-state index contributed by atoms with van der Waals surface area (Å²) in [6, 6.07) is 13.8. The van der Waals surface area contributed by atoms with Gasteiger partial charge >= 0.3 is 5.63 Å². The van der Waals surface area contributed by atoms with E-state index in [1.165, 1.54) is 5.56 Å². The van der Waals surface area contributed by atoms with Crippen molar-refractivity contribution in [2.24, 2.45) is 0 Å². The van der Waals surface area contributed by atoms with Crippen LogP contribution in [0.5, 0.6) is 11.5 Å². The Hall–Kier alpha value is -2.79. The molecular weight excluding hydrogens is 366 g/mol. The quantitative estimate of drug-likeness (QED) is 0.552. The third-order valence-electron chi connectivity index (χ3n) is 5.52. The Morgan fingerprint density at radius 2 is 1.93 bits per heavy atom. The summed E-state index contributed by atoms with van der Waals surface area (Å²) < 4.78 is 16.8. The van der Waals surface area contributed by atoms with Gasteiger partial charge in [0.05, 0.1) is 12.7 Å². The summed E-state index contributed by atoms with van der Waals surface area (Å²) in [6.07, 6.45) is 3.95. The van der Waals surface area contributed by atoms with Crippen LogP contribution in [0.25, 0.3) is 11.0 Å². The smallest absolute Gasteiger partial charge is 0.336 e. The Balaban J connectivity index is 1.55. The Kier molecular flexibility index (Phi) is 5.86. The number of ether oxygens (including phenoxy) is 2. The van der Waals surface area contributed by atoms with Gasteiger partial charge in [0.15, 0.2) is 0 Å². The molecule has 0 fully saturated rings. The van der Waals surface area contributed by atoms with E-state index < -0.39 is 0 Å². The zero-order valence-electron chi connectivity index (χ0n) is 17.1. The molecule has 152 valence electrons. The molecule has 0 saturated carbocycles. The molecule has 5 nitrogen and oxygen atoms in total. The van der Waals surface area contributed by atoms with Crippen molar-refractivity contribution in [3.05, 3.63) is 69.6 Å². The van der Waals surface area contributed by atoms with Crippen molar-refractivity contribution in [2.75, 3.05) is 20.4 Å². The van der Waals surface area contributed by atoms with Crippen molar-refractivity contribution >= 4 is 11.0 Å². The van der Waals surface area contributed by atoms with Gasteiger partial charge in [0.2, 0.25) is 0 Å². The van der Waals surface area contributed by atoms with Crippen molar-refractivity contribution in [3.63, 3.8) is 0 Å². The highest BCUT2D eigenvalue weighted by molar-refractivity contribution is 5.85. The van der Waals surface area contributed by atoms with Crippen LogP contribution in [0.2, 0.25) is 0 Å². The molecule has 0 saturated heterocycles. The first-order chi connectivity index (χ1) is 14.2. The number of benzene rings is 2. The van der Waals surface area contributed by atoms with E-state index in [-0.39, 0.29) is 5.63 Å². The second-order valence-electron chi connectivity index (χ2n) is 7.54. The second-order valence-corrected chi connectivity index (χ2v) is 7.54.